The first-order valence-corrected chi connectivity index (χ1v) is 6.66. The summed E-state index contributed by atoms with van der Waals surface area (Å²) in [6, 6.07) is 5.96. The lowest BCUT2D eigenvalue weighted by atomic mass is 10.1. The van der Waals surface area contributed by atoms with Crippen molar-refractivity contribution in [3.8, 4) is 5.75 Å². The van der Waals surface area contributed by atoms with E-state index in [0.29, 0.717) is 5.82 Å². The van der Waals surface area contributed by atoms with Crippen molar-refractivity contribution in [2.75, 3.05) is 18.2 Å². The Kier molecular flexibility index (Phi) is 4.40. The molecular formula is C15H20N4O. The van der Waals surface area contributed by atoms with Crippen LogP contribution in [0, 0.1) is 6.92 Å². The second-order valence-electron chi connectivity index (χ2n) is 4.66. The minimum absolute atomic E-state index is 0.524. The zero-order valence-corrected chi connectivity index (χ0v) is 12.1. The third-order valence-electron chi connectivity index (χ3n) is 3.09. The molecule has 5 nitrogen and oxygen atoms in total. The third-order valence-corrected chi connectivity index (χ3v) is 3.09. The van der Waals surface area contributed by atoms with Gasteiger partial charge < -0.3 is 15.8 Å². The Morgan fingerprint density at radius 1 is 1.30 bits per heavy atom. The number of nitrogens with one attached hydrogen (secondary N) is 1. The van der Waals surface area contributed by atoms with Crippen LogP contribution >= 0.6 is 0 Å². The minimum Gasteiger partial charge on any atom is -0.495 e. The van der Waals surface area contributed by atoms with E-state index in [9.17, 15) is 0 Å². The van der Waals surface area contributed by atoms with Crippen molar-refractivity contribution in [2.45, 2.75) is 26.7 Å². The zero-order chi connectivity index (χ0) is 14.5. The fourth-order valence-electron chi connectivity index (χ4n) is 2.08. The van der Waals surface area contributed by atoms with Crippen LogP contribution in [0.25, 0.3) is 0 Å². The molecule has 0 aliphatic carbocycles. The first-order valence-electron chi connectivity index (χ1n) is 6.66. The molecule has 1 aromatic carbocycles. The number of anilines is 3. The summed E-state index contributed by atoms with van der Waals surface area (Å²) >= 11 is 0. The van der Waals surface area contributed by atoms with E-state index in [4.69, 9.17) is 10.5 Å². The number of aromatic nitrogens is 2. The Hall–Kier alpha value is -2.30. The van der Waals surface area contributed by atoms with Gasteiger partial charge in [-0.2, -0.15) is 0 Å². The van der Waals surface area contributed by atoms with Crippen LogP contribution in [0.15, 0.2) is 24.5 Å². The fraction of sp³-hybridized carbons (Fsp3) is 0.333. The molecule has 0 atom stereocenters. The molecule has 1 heterocycles. The van der Waals surface area contributed by atoms with Crippen LogP contribution in [0.3, 0.4) is 0 Å². The highest BCUT2D eigenvalue weighted by Gasteiger charge is 2.11. The normalized spacial score (nSPS) is 10.3. The average molecular weight is 272 g/mol. The van der Waals surface area contributed by atoms with Crippen LogP contribution in [0.1, 0.15) is 24.5 Å². The molecular weight excluding hydrogens is 252 g/mol. The van der Waals surface area contributed by atoms with Gasteiger partial charge in [-0.1, -0.05) is 19.4 Å². The summed E-state index contributed by atoms with van der Waals surface area (Å²) in [5.41, 5.74) is 8.91. The first kappa shape index (κ1) is 14.1. The molecule has 2 rings (SSSR count). The largest absolute Gasteiger partial charge is 0.495 e. The average Bonchev–Trinajstić information content (AvgIpc) is 2.43. The maximum atomic E-state index is 5.94. The summed E-state index contributed by atoms with van der Waals surface area (Å²) in [4.78, 5) is 8.36. The van der Waals surface area contributed by atoms with Gasteiger partial charge in [0, 0.05) is 5.56 Å². The van der Waals surface area contributed by atoms with Gasteiger partial charge in [0.15, 0.2) is 0 Å². The van der Waals surface area contributed by atoms with Crippen molar-refractivity contribution in [1.82, 2.24) is 9.97 Å². The summed E-state index contributed by atoms with van der Waals surface area (Å²) in [5.74, 6) is 2.04. The van der Waals surface area contributed by atoms with E-state index in [-0.39, 0.29) is 0 Å². The van der Waals surface area contributed by atoms with Gasteiger partial charge in [0.05, 0.1) is 12.8 Å². The van der Waals surface area contributed by atoms with E-state index in [1.807, 2.05) is 25.1 Å². The molecule has 106 valence electrons. The molecule has 0 aliphatic heterocycles. The maximum absolute atomic E-state index is 5.94. The van der Waals surface area contributed by atoms with Crippen LogP contribution in [-0.2, 0) is 6.42 Å². The smallest absolute Gasteiger partial charge is 0.142 e. The number of benzene rings is 1. The Morgan fingerprint density at radius 3 is 2.80 bits per heavy atom. The lowest BCUT2D eigenvalue weighted by Gasteiger charge is -2.14. The topological polar surface area (TPSA) is 73.1 Å². The molecule has 0 aliphatic rings. The lowest BCUT2D eigenvalue weighted by molar-refractivity contribution is 0.416. The number of methoxy groups -OCH3 is 1. The summed E-state index contributed by atoms with van der Waals surface area (Å²) in [6.07, 6.45) is 3.29. The van der Waals surface area contributed by atoms with Crippen molar-refractivity contribution in [3.63, 3.8) is 0 Å². The lowest BCUT2D eigenvalue weighted by Crippen LogP contribution is -2.06. The number of ether oxygens (including phenoxy) is 1. The van der Waals surface area contributed by atoms with E-state index in [2.05, 4.69) is 22.2 Å². The van der Waals surface area contributed by atoms with Crippen molar-refractivity contribution in [3.05, 3.63) is 35.7 Å². The summed E-state index contributed by atoms with van der Waals surface area (Å²) in [7, 11) is 1.65. The molecule has 2 aromatic rings. The minimum atomic E-state index is 0.524. The molecule has 0 amide bonds. The van der Waals surface area contributed by atoms with Crippen LogP contribution < -0.4 is 15.8 Å². The Bertz CT molecular complexity index is 598. The first-order chi connectivity index (χ1) is 9.65. The fourth-order valence-corrected chi connectivity index (χ4v) is 2.08. The standard InChI is InChI=1S/C15H20N4O/c1-4-5-11-14(16)17-9-18-15(11)19-12-8-10(2)6-7-13(12)20-3/h6-9H,4-5H2,1-3H3,(H3,16,17,18,19). The number of nitrogens with zero attached hydrogens (tertiary/aromatic N) is 2. The molecule has 20 heavy (non-hydrogen) atoms. The molecule has 0 saturated heterocycles. The number of rotatable bonds is 5. The Morgan fingerprint density at radius 2 is 2.10 bits per heavy atom. The molecule has 0 spiro atoms. The predicted molar refractivity (Wildman–Crippen MR) is 81.5 cm³/mol. The second kappa shape index (κ2) is 6.23. The van der Waals surface area contributed by atoms with Crippen LogP contribution in [0.2, 0.25) is 0 Å². The number of aryl methyl sites for hydroxylation is 1. The van der Waals surface area contributed by atoms with Crippen molar-refractivity contribution < 1.29 is 4.74 Å². The van der Waals surface area contributed by atoms with Crippen molar-refractivity contribution in [2.24, 2.45) is 0 Å². The highest BCUT2D eigenvalue weighted by atomic mass is 16.5. The summed E-state index contributed by atoms with van der Waals surface area (Å²) in [6.45, 7) is 4.13. The SMILES string of the molecule is CCCc1c(N)ncnc1Nc1cc(C)ccc1OC. The predicted octanol–water partition coefficient (Wildman–Crippen LogP) is 3.07. The van der Waals surface area contributed by atoms with Crippen molar-refractivity contribution in [1.29, 1.82) is 0 Å². The van der Waals surface area contributed by atoms with E-state index < -0.39 is 0 Å². The Labute approximate surface area is 119 Å². The van der Waals surface area contributed by atoms with Crippen LogP contribution in [0.4, 0.5) is 17.3 Å². The highest BCUT2D eigenvalue weighted by molar-refractivity contribution is 5.69. The van der Waals surface area contributed by atoms with E-state index >= 15 is 0 Å². The summed E-state index contributed by atoms with van der Waals surface area (Å²) in [5, 5.41) is 3.30. The van der Waals surface area contributed by atoms with Gasteiger partial charge in [0.1, 0.15) is 23.7 Å². The monoisotopic (exact) mass is 272 g/mol. The highest BCUT2D eigenvalue weighted by Crippen LogP contribution is 2.30. The van der Waals surface area contributed by atoms with Gasteiger partial charge in [-0.3, -0.25) is 0 Å². The molecule has 0 unspecified atom stereocenters. The van der Waals surface area contributed by atoms with Gasteiger partial charge in [0.2, 0.25) is 0 Å². The third kappa shape index (κ3) is 2.99. The quantitative estimate of drug-likeness (QED) is 0.875. The zero-order valence-electron chi connectivity index (χ0n) is 12.1. The van der Waals surface area contributed by atoms with Crippen molar-refractivity contribution >= 4 is 17.3 Å². The van der Waals surface area contributed by atoms with E-state index in [0.717, 1.165) is 41.2 Å². The van der Waals surface area contributed by atoms with Crippen LogP contribution in [-0.4, -0.2) is 17.1 Å². The van der Waals surface area contributed by atoms with Gasteiger partial charge in [0.25, 0.3) is 0 Å². The molecule has 1 aromatic heterocycles. The molecule has 3 N–H and O–H groups in total. The van der Waals surface area contributed by atoms with Gasteiger partial charge >= 0.3 is 0 Å². The number of hydrogen-bond acceptors (Lipinski definition) is 5. The molecule has 0 radical (unpaired) electrons. The number of nitrogen functional groups attached to an aromatic ring is 1. The van der Waals surface area contributed by atoms with E-state index in [1.165, 1.54) is 6.33 Å². The van der Waals surface area contributed by atoms with Gasteiger partial charge in [-0.05, 0) is 31.0 Å². The molecule has 0 fully saturated rings. The number of hydrogen-bond donors (Lipinski definition) is 2. The summed E-state index contributed by atoms with van der Waals surface area (Å²) < 4.78 is 5.37. The van der Waals surface area contributed by atoms with Gasteiger partial charge in [-0.25, -0.2) is 9.97 Å². The van der Waals surface area contributed by atoms with Crippen LogP contribution in [0.5, 0.6) is 5.75 Å². The second-order valence-corrected chi connectivity index (χ2v) is 4.66. The van der Waals surface area contributed by atoms with E-state index in [1.54, 1.807) is 7.11 Å². The molecule has 0 bridgehead atoms. The maximum Gasteiger partial charge on any atom is 0.142 e. The Balaban J connectivity index is 2.39. The molecule has 5 heteroatoms. The number of nitrogens with two attached hydrogens (primary N) is 1. The van der Waals surface area contributed by atoms with Gasteiger partial charge in [-0.15, -0.1) is 0 Å². The molecule has 0 saturated carbocycles.